The Bertz CT molecular complexity index is 322. The summed E-state index contributed by atoms with van der Waals surface area (Å²) in [5, 5.41) is 7.36. The van der Waals surface area contributed by atoms with Crippen molar-refractivity contribution in [1.82, 2.24) is 15.1 Å². The Morgan fingerprint density at radius 1 is 1.79 bits per heavy atom. The van der Waals surface area contributed by atoms with Crippen molar-refractivity contribution in [2.24, 2.45) is 0 Å². The molecule has 4 nitrogen and oxygen atoms in total. The Morgan fingerprint density at radius 2 is 2.57 bits per heavy atom. The van der Waals surface area contributed by atoms with Gasteiger partial charge in [-0.2, -0.15) is 5.10 Å². The summed E-state index contributed by atoms with van der Waals surface area (Å²) in [5.74, 6) is 0. The highest BCUT2D eigenvalue weighted by molar-refractivity contribution is 5.20. The van der Waals surface area contributed by atoms with Crippen molar-refractivity contribution in [3.05, 3.63) is 24.5 Å². The molecule has 0 aliphatic carbocycles. The molecule has 0 saturated carbocycles. The number of nitrogens with zero attached hydrogens (tertiary/aromatic N) is 2. The maximum absolute atomic E-state index is 5.50. The minimum Gasteiger partial charge on any atom is -0.375 e. The molecule has 0 amide bonds. The highest BCUT2D eigenvalue weighted by Gasteiger charge is 2.37. The van der Waals surface area contributed by atoms with Crippen LogP contribution in [0.5, 0.6) is 0 Å². The third-order valence-corrected chi connectivity index (χ3v) is 2.70. The van der Waals surface area contributed by atoms with Crippen LogP contribution in [0.1, 0.15) is 5.56 Å². The molecule has 1 aromatic heterocycles. The number of methoxy groups -OCH3 is 1. The van der Waals surface area contributed by atoms with Crippen LogP contribution in [0.25, 0.3) is 6.20 Å². The van der Waals surface area contributed by atoms with Crippen LogP contribution in [0.2, 0.25) is 0 Å². The summed E-state index contributed by atoms with van der Waals surface area (Å²) in [6.45, 7) is 5.49. The van der Waals surface area contributed by atoms with Crippen LogP contribution in [0.4, 0.5) is 0 Å². The second-order valence-electron chi connectivity index (χ2n) is 3.68. The van der Waals surface area contributed by atoms with Gasteiger partial charge in [-0.15, -0.1) is 0 Å². The quantitative estimate of drug-likeness (QED) is 0.757. The third kappa shape index (κ3) is 1.58. The Morgan fingerprint density at radius 3 is 3.00 bits per heavy atom. The molecule has 2 rings (SSSR count). The lowest BCUT2D eigenvalue weighted by molar-refractivity contribution is -0.0502. The van der Waals surface area contributed by atoms with E-state index in [4.69, 9.17) is 4.74 Å². The van der Waals surface area contributed by atoms with Gasteiger partial charge in [-0.3, -0.25) is 0 Å². The highest BCUT2D eigenvalue weighted by atomic mass is 16.5. The topological polar surface area (TPSA) is 39.1 Å². The maximum atomic E-state index is 5.50. The molecule has 1 aliphatic rings. The molecule has 0 atom stereocenters. The van der Waals surface area contributed by atoms with E-state index in [2.05, 4.69) is 17.0 Å². The van der Waals surface area contributed by atoms with Gasteiger partial charge in [0.1, 0.15) is 0 Å². The van der Waals surface area contributed by atoms with Gasteiger partial charge in [-0.25, -0.2) is 4.68 Å². The van der Waals surface area contributed by atoms with E-state index in [0.29, 0.717) is 0 Å². The van der Waals surface area contributed by atoms with Gasteiger partial charge in [0.05, 0.1) is 11.8 Å². The molecule has 0 bridgehead atoms. The predicted octanol–water partition coefficient (Wildman–Crippen LogP) is 0.514. The van der Waals surface area contributed by atoms with Gasteiger partial charge in [-0.1, -0.05) is 6.58 Å². The SMILES string of the molecule is C=Cn1cc(CC2(OC)CNC2)cn1. The Balaban J connectivity index is 2.05. The fraction of sp³-hybridized carbons (Fsp3) is 0.500. The lowest BCUT2D eigenvalue weighted by Crippen LogP contribution is -2.61. The zero-order valence-electron chi connectivity index (χ0n) is 8.36. The van der Waals surface area contributed by atoms with E-state index in [-0.39, 0.29) is 5.60 Å². The molecule has 1 fully saturated rings. The Kier molecular flexibility index (Phi) is 2.39. The molecular weight excluding hydrogens is 178 g/mol. The number of nitrogens with one attached hydrogen (secondary N) is 1. The number of ether oxygens (including phenoxy) is 1. The first-order chi connectivity index (χ1) is 6.78. The molecular formula is C10H15N3O. The van der Waals surface area contributed by atoms with Crippen molar-refractivity contribution >= 4 is 6.20 Å². The van der Waals surface area contributed by atoms with Crippen LogP contribution in [0, 0.1) is 0 Å². The molecule has 1 N–H and O–H groups in total. The summed E-state index contributed by atoms with van der Waals surface area (Å²) < 4.78 is 7.21. The summed E-state index contributed by atoms with van der Waals surface area (Å²) in [6.07, 6.45) is 6.43. The van der Waals surface area contributed by atoms with Gasteiger partial charge in [0.15, 0.2) is 0 Å². The monoisotopic (exact) mass is 193 g/mol. The van der Waals surface area contributed by atoms with E-state index in [1.807, 2.05) is 12.4 Å². The van der Waals surface area contributed by atoms with E-state index in [1.165, 1.54) is 5.56 Å². The molecule has 0 radical (unpaired) electrons. The zero-order valence-corrected chi connectivity index (χ0v) is 8.36. The van der Waals surface area contributed by atoms with Crippen molar-refractivity contribution in [1.29, 1.82) is 0 Å². The summed E-state index contributed by atoms with van der Waals surface area (Å²) in [5.41, 5.74) is 1.17. The first kappa shape index (κ1) is 9.43. The Labute approximate surface area is 83.6 Å². The fourth-order valence-electron chi connectivity index (χ4n) is 1.69. The first-order valence-corrected chi connectivity index (χ1v) is 4.69. The van der Waals surface area contributed by atoms with Gasteiger partial charge in [0.2, 0.25) is 0 Å². The number of hydrogen-bond acceptors (Lipinski definition) is 3. The molecule has 14 heavy (non-hydrogen) atoms. The Hall–Kier alpha value is -1.13. The second kappa shape index (κ2) is 3.55. The van der Waals surface area contributed by atoms with Crippen molar-refractivity contribution < 1.29 is 4.74 Å². The van der Waals surface area contributed by atoms with Crippen LogP contribution in [-0.4, -0.2) is 35.6 Å². The van der Waals surface area contributed by atoms with Gasteiger partial charge >= 0.3 is 0 Å². The molecule has 0 aromatic carbocycles. The maximum Gasteiger partial charge on any atom is 0.0967 e. The lowest BCUT2D eigenvalue weighted by Gasteiger charge is -2.41. The van der Waals surface area contributed by atoms with E-state index in [1.54, 1.807) is 18.0 Å². The normalized spacial score (nSPS) is 18.9. The highest BCUT2D eigenvalue weighted by Crippen LogP contribution is 2.21. The molecule has 1 aliphatic heterocycles. The molecule has 2 heterocycles. The summed E-state index contributed by atoms with van der Waals surface area (Å²) in [6, 6.07) is 0. The summed E-state index contributed by atoms with van der Waals surface area (Å²) in [4.78, 5) is 0. The molecule has 76 valence electrons. The third-order valence-electron chi connectivity index (χ3n) is 2.70. The van der Waals surface area contributed by atoms with Crippen molar-refractivity contribution in [2.75, 3.05) is 20.2 Å². The smallest absolute Gasteiger partial charge is 0.0967 e. The van der Waals surface area contributed by atoms with Crippen LogP contribution in [0.15, 0.2) is 19.0 Å². The number of hydrogen-bond donors (Lipinski definition) is 1. The van der Waals surface area contributed by atoms with Crippen LogP contribution in [-0.2, 0) is 11.2 Å². The minimum absolute atomic E-state index is 0.0188. The number of aromatic nitrogens is 2. The van der Waals surface area contributed by atoms with Crippen LogP contribution < -0.4 is 5.32 Å². The predicted molar refractivity (Wildman–Crippen MR) is 54.9 cm³/mol. The molecule has 4 heteroatoms. The van der Waals surface area contributed by atoms with E-state index < -0.39 is 0 Å². The van der Waals surface area contributed by atoms with Crippen molar-refractivity contribution in [3.63, 3.8) is 0 Å². The van der Waals surface area contributed by atoms with Crippen molar-refractivity contribution in [2.45, 2.75) is 12.0 Å². The minimum atomic E-state index is -0.0188. The second-order valence-corrected chi connectivity index (χ2v) is 3.68. The first-order valence-electron chi connectivity index (χ1n) is 4.69. The molecule has 1 saturated heterocycles. The van der Waals surface area contributed by atoms with Crippen molar-refractivity contribution in [3.8, 4) is 0 Å². The van der Waals surface area contributed by atoms with Crippen LogP contribution in [0.3, 0.4) is 0 Å². The fourth-order valence-corrected chi connectivity index (χ4v) is 1.69. The van der Waals surface area contributed by atoms with E-state index in [0.717, 1.165) is 19.5 Å². The average molecular weight is 193 g/mol. The van der Waals surface area contributed by atoms with Gasteiger partial charge in [0, 0.05) is 39.0 Å². The van der Waals surface area contributed by atoms with E-state index in [9.17, 15) is 0 Å². The number of rotatable bonds is 4. The van der Waals surface area contributed by atoms with Gasteiger partial charge in [0.25, 0.3) is 0 Å². The summed E-state index contributed by atoms with van der Waals surface area (Å²) in [7, 11) is 1.76. The summed E-state index contributed by atoms with van der Waals surface area (Å²) >= 11 is 0. The molecule has 0 unspecified atom stereocenters. The van der Waals surface area contributed by atoms with E-state index >= 15 is 0 Å². The standard InChI is InChI=1S/C10H15N3O/c1-3-13-6-9(5-12-13)4-10(14-2)7-11-8-10/h3,5-6,11H,1,4,7-8H2,2H3. The lowest BCUT2D eigenvalue weighted by atomic mass is 9.90. The zero-order chi connectivity index (χ0) is 10.0. The van der Waals surface area contributed by atoms with Gasteiger partial charge in [-0.05, 0) is 5.56 Å². The average Bonchev–Trinajstić information content (AvgIpc) is 2.59. The van der Waals surface area contributed by atoms with Gasteiger partial charge < -0.3 is 10.1 Å². The largest absolute Gasteiger partial charge is 0.375 e. The van der Waals surface area contributed by atoms with Crippen LogP contribution >= 0.6 is 0 Å². The molecule has 1 aromatic rings. The molecule has 0 spiro atoms.